The fourth-order valence-electron chi connectivity index (χ4n) is 2.02. The molecule has 2 rings (SSSR count). The summed E-state index contributed by atoms with van der Waals surface area (Å²) < 4.78 is 13.1. The van der Waals surface area contributed by atoms with Crippen molar-refractivity contribution in [2.75, 3.05) is 6.54 Å². The molecule has 0 spiro atoms. The van der Waals surface area contributed by atoms with E-state index in [0.717, 1.165) is 15.9 Å². The largest absolute Gasteiger partial charge is 0.309 e. The summed E-state index contributed by atoms with van der Waals surface area (Å²) in [6.45, 7) is 5.02. The average molecular weight is 288 g/mol. The van der Waals surface area contributed by atoms with Crippen molar-refractivity contribution in [3.8, 4) is 0 Å². The van der Waals surface area contributed by atoms with Crippen molar-refractivity contribution in [2.45, 2.75) is 30.0 Å². The van der Waals surface area contributed by atoms with Gasteiger partial charge in [0.25, 0.3) is 0 Å². The van der Waals surface area contributed by atoms with Crippen LogP contribution in [0.5, 0.6) is 0 Å². The van der Waals surface area contributed by atoms with Crippen LogP contribution in [0.2, 0.25) is 0 Å². The maximum absolute atomic E-state index is 12.0. The number of benzene rings is 1. The van der Waals surface area contributed by atoms with Crippen molar-refractivity contribution in [1.29, 1.82) is 0 Å². The van der Waals surface area contributed by atoms with E-state index in [4.69, 9.17) is 0 Å². The standard InChI is InChI=1S/C11H14BrNOS/c1-3-13-11-7(2)15(14)10-5-4-8(12)6-9(10)11/h4-7,11,13H,3H2,1-2H3. The molecular formula is C11H14BrNOS. The van der Waals surface area contributed by atoms with Crippen molar-refractivity contribution in [3.05, 3.63) is 28.2 Å². The molecule has 1 heterocycles. The van der Waals surface area contributed by atoms with E-state index < -0.39 is 10.8 Å². The molecule has 0 fully saturated rings. The zero-order valence-corrected chi connectivity index (χ0v) is 11.2. The molecule has 0 radical (unpaired) electrons. The molecule has 0 amide bonds. The van der Waals surface area contributed by atoms with E-state index in [9.17, 15) is 4.21 Å². The average Bonchev–Trinajstić information content (AvgIpc) is 2.44. The van der Waals surface area contributed by atoms with Crippen LogP contribution in [0.25, 0.3) is 0 Å². The van der Waals surface area contributed by atoms with Crippen molar-refractivity contribution >= 4 is 26.7 Å². The van der Waals surface area contributed by atoms with E-state index in [1.54, 1.807) is 0 Å². The molecule has 3 atom stereocenters. The number of hydrogen-bond acceptors (Lipinski definition) is 2. The first-order valence-corrected chi connectivity index (χ1v) is 7.09. The Labute approximate surface area is 101 Å². The van der Waals surface area contributed by atoms with Crippen LogP contribution in [0.3, 0.4) is 0 Å². The van der Waals surface area contributed by atoms with Gasteiger partial charge in [-0.3, -0.25) is 4.21 Å². The Morgan fingerprint density at radius 2 is 2.27 bits per heavy atom. The predicted octanol–water partition coefficient (Wildman–Crippen LogP) is 2.61. The molecule has 1 N–H and O–H groups in total. The fourth-order valence-corrected chi connectivity index (χ4v) is 3.91. The molecular weight excluding hydrogens is 274 g/mol. The van der Waals surface area contributed by atoms with Gasteiger partial charge in [-0.25, -0.2) is 0 Å². The summed E-state index contributed by atoms with van der Waals surface area (Å²) in [6, 6.07) is 6.22. The van der Waals surface area contributed by atoms with Gasteiger partial charge in [0.15, 0.2) is 0 Å². The topological polar surface area (TPSA) is 29.1 Å². The highest BCUT2D eigenvalue weighted by Crippen LogP contribution is 2.37. The van der Waals surface area contributed by atoms with Gasteiger partial charge >= 0.3 is 0 Å². The van der Waals surface area contributed by atoms with E-state index in [0.29, 0.717) is 0 Å². The highest BCUT2D eigenvalue weighted by Gasteiger charge is 2.35. The SMILES string of the molecule is CCNC1c2cc(Br)ccc2S(=O)C1C. The lowest BCUT2D eigenvalue weighted by molar-refractivity contribution is 0.546. The molecule has 82 valence electrons. The van der Waals surface area contributed by atoms with Crippen LogP contribution in [0.4, 0.5) is 0 Å². The Morgan fingerprint density at radius 1 is 1.53 bits per heavy atom. The number of rotatable bonds is 2. The first-order chi connectivity index (χ1) is 7.15. The van der Waals surface area contributed by atoms with Gasteiger partial charge in [-0.2, -0.15) is 0 Å². The van der Waals surface area contributed by atoms with E-state index in [1.807, 2.05) is 19.1 Å². The summed E-state index contributed by atoms with van der Waals surface area (Å²) in [5.74, 6) is 0. The zero-order chi connectivity index (χ0) is 11.0. The molecule has 2 nitrogen and oxygen atoms in total. The first-order valence-electron chi connectivity index (χ1n) is 5.08. The van der Waals surface area contributed by atoms with Gasteiger partial charge in [-0.15, -0.1) is 0 Å². The molecule has 0 aromatic heterocycles. The predicted molar refractivity (Wildman–Crippen MR) is 66.4 cm³/mol. The Balaban J connectivity index is 2.47. The van der Waals surface area contributed by atoms with Crippen LogP contribution in [0.1, 0.15) is 25.5 Å². The molecule has 0 saturated heterocycles. The molecule has 0 aliphatic carbocycles. The molecule has 0 bridgehead atoms. The van der Waals surface area contributed by atoms with E-state index in [-0.39, 0.29) is 11.3 Å². The van der Waals surface area contributed by atoms with Crippen molar-refractivity contribution in [2.24, 2.45) is 0 Å². The third-order valence-corrected chi connectivity index (χ3v) is 5.00. The minimum atomic E-state index is -0.866. The van der Waals surface area contributed by atoms with Gasteiger partial charge in [-0.1, -0.05) is 22.9 Å². The second-order valence-corrected chi connectivity index (χ2v) is 6.41. The van der Waals surface area contributed by atoms with Crippen LogP contribution in [0, 0.1) is 0 Å². The number of halogens is 1. The van der Waals surface area contributed by atoms with Gasteiger partial charge in [0.1, 0.15) is 0 Å². The van der Waals surface area contributed by atoms with Gasteiger partial charge in [0, 0.05) is 15.4 Å². The van der Waals surface area contributed by atoms with Crippen molar-refractivity contribution < 1.29 is 4.21 Å². The summed E-state index contributed by atoms with van der Waals surface area (Å²) in [5, 5.41) is 3.56. The monoisotopic (exact) mass is 287 g/mol. The second-order valence-electron chi connectivity index (χ2n) is 3.72. The third-order valence-electron chi connectivity index (χ3n) is 2.75. The zero-order valence-electron chi connectivity index (χ0n) is 8.79. The van der Waals surface area contributed by atoms with Crippen LogP contribution >= 0.6 is 15.9 Å². The van der Waals surface area contributed by atoms with Crippen molar-refractivity contribution in [3.63, 3.8) is 0 Å². The van der Waals surface area contributed by atoms with E-state index in [1.165, 1.54) is 5.56 Å². The minimum absolute atomic E-state index is 0.161. The molecule has 1 aliphatic rings. The second kappa shape index (κ2) is 4.36. The Hall–Kier alpha value is -0.190. The highest BCUT2D eigenvalue weighted by atomic mass is 79.9. The molecule has 0 saturated carbocycles. The lowest BCUT2D eigenvalue weighted by atomic mass is 10.1. The van der Waals surface area contributed by atoms with Gasteiger partial charge in [0.2, 0.25) is 0 Å². The van der Waals surface area contributed by atoms with Crippen LogP contribution in [-0.4, -0.2) is 16.0 Å². The highest BCUT2D eigenvalue weighted by molar-refractivity contribution is 9.10. The molecule has 3 unspecified atom stereocenters. The molecule has 1 aromatic rings. The normalized spacial score (nSPS) is 29.1. The fraction of sp³-hybridized carbons (Fsp3) is 0.455. The first kappa shape index (κ1) is 11.3. The Bertz CT molecular complexity index is 408. The van der Waals surface area contributed by atoms with Crippen LogP contribution in [0.15, 0.2) is 27.6 Å². The summed E-state index contributed by atoms with van der Waals surface area (Å²) in [5.41, 5.74) is 1.18. The molecule has 1 aromatic carbocycles. The number of nitrogens with one attached hydrogen (secondary N) is 1. The quantitative estimate of drug-likeness (QED) is 0.906. The lowest BCUT2D eigenvalue weighted by Crippen LogP contribution is -2.27. The van der Waals surface area contributed by atoms with E-state index in [2.05, 4.69) is 34.2 Å². The van der Waals surface area contributed by atoms with Crippen LogP contribution < -0.4 is 5.32 Å². The van der Waals surface area contributed by atoms with Gasteiger partial charge in [-0.05, 0) is 37.2 Å². The number of fused-ring (bicyclic) bond motifs is 1. The van der Waals surface area contributed by atoms with Crippen molar-refractivity contribution in [1.82, 2.24) is 5.32 Å². The maximum Gasteiger partial charge on any atom is 0.0580 e. The summed E-state index contributed by atoms with van der Waals surface area (Å²) >= 11 is 3.46. The van der Waals surface area contributed by atoms with Crippen LogP contribution in [-0.2, 0) is 10.8 Å². The van der Waals surface area contributed by atoms with Gasteiger partial charge < -0.3 is 5.32 Å². The van der Waals surface area contributed by atoms with E-state index >= 15 is 0 Å². The Kier molecular flexibility index (Phi) is 3.28. The smallest absolute Gasteiger partial charge is 0.0580 e. The number of hydrogen-bond donors (Lipinski definition) is 1. The Morgan fingerprint density at radius 3 is 2.93 bits per heavy atom. The minimum Gasteiger partial charge on any atom is -0.309 e. The van der Waals surface area contributed by atoms with Gasteiger partial charge in [0.05, 0.1) is 16.0 Å². The summed E-state index contributed by atoms with van der Waals surface area (Å²) in [4.78, 5) is 0.983. The molecule has 15 heavy (non-hydrogen) atoms. The summed E-state index contributed by atoms with van der Waals surface area (Å²) in [6.07, 6.45) is 0. The maximum atomic E-state index is 12.0. The molecule has 4 heteroatoms. The third kappa shape index (κ3) is 1.90. The summed E-state index contributed by atoms with van der Waals surface area (Å²) in [7, 11) is -0.866. The lowest BCUT2D eigenvalue weighted by Gasteiger charge is -2.16. The molecule has 1 aliphatic heterocycles.